The van der Waals surface area contributed by atoms with Gasteiger partial charge in [0, 0.05) is 33.8 Å². The van der Waals surface area contributed by atoms with Crippen LogP contribution < -0.4 is 10.6 Å². The Labute approximate surface area is 152 Å². The number of nitrogens with one attached hydrogen (secondary N) is 2. The SMILES string of the molecule is CC(=O)NC(C(=O)NCc1ccccc1)c1cn(S(=O)(=O)N(C)C)cn1. The van der Waals surface area contributed by atoms with E-state index in [-0.39, 0.29) is 12.2 Å². The topological polar surface area (TPSA) is 113 Å². The summed E-state index contributed by atoms with van der Waals surface area (Å²) in [5.74, 6) is -0.925. The van der Waals surface area contributed by atoms with Crippen molar-refractivity contribution >= 4 is 22.0 Å². The van der Waals surface area contributed by atoms with Crippen LogP contribution in [0, 0.1) is 0 Å². The Morgan fingerprint density at radius 3 is 2.46 bits per heavy atom. The highest BCUT2D eigenvalue weighted by atomic mass is 32.2. The van der Waals surface area contributed by atoms with Gasteiger partial charge in [0.2, 0.25) is 11.8 Å². The zero-order valence-electron chi connectivity index (χ0n) is 14.7. The average molecular weight is 379 g/mol. The van der Waals surface area contributed by atoms with Crippen molar-refractivity contribution in [3.05, 3.63) is 54.1 Å². The molecule has 9 nitrogen and oxygen atoms in total. The molecule has 10 heteroatoms. The van der Waals surface area contributed by atoms with Gasteiger partial charge >= 0.3 is 10.2 Å². The molecule has 140 valence electrons. The van der Waals surface area contributed by atoms with Gasteiger partial charge in [-0.2, -0.15) is 12.7 Å². The molecule has 26 heavy (non-hydrogen) atoms. The minimum Gasteiger partial charge on any atom is -0.350 e. The lowest BCUT2D eigenvalue weighted by molar-refractivity contribution is -0.128. The number of imidazole rings is 1. The summed E-state index contributed by atoms with van der Waals surface area (Å²) in [5, 5.41) is 5.20. The van der Waals surface area contributed by atoms with E-state index in [1.807, 2.05) is 30.3 Å². The second-order valence-corrected chi connectivity index (χ2v) is 7.80. The van der Waals surface area contributed by atoms with Gasteiger partial charge in [-0.05, 0) is 5.56 Å². The van der Waals surface area contributed by atoms with Gasteiger partial charge in [0.15, 0.2) is 6.04 Å². The van der Waals surface area contributed by atoms with Crippen molar-refractivity contribution in [2.75, 3.05) is 14.1 Å². The quantitative estimate of drug-likeness (QED) is 0.705. The summed E-state index contributed by atoms with van der Waals surface area (Å²) >= 11 is 0. The van der Waals surface area contributed by atoms with Crippen LogP contribution in [0.15, 0.2) is 42.9 Å². The van der Waals surface area contributed by atoms with Crippen molar-refractivity contribution in [3.8, 4) is 0 Å². The third-order valence-corrected chi connectivity index (χ3v) is 5.18. The van der Waals surface area contributed by atoms with E-state index in [4.69, 9.17) is 0 Å². The average Bonchev–Trinajstić information content (AvgIpc) is 3.08. The molecule has 2 aromatic rings. The number of rotatable bonds is 7. The van der Waals surface area contributed by atoms with E-state index < -0.39 is 28.1 Å². The monoisotopic (exact) mass is 379 g/mol. The third kappa shape index (κ3) is 4.67. The molecule has 2 rings (SSSR count). The van der Waals surface area contributed by atoms with E-state index in [0.717, 1.165) is 20.2 Å². The first-order valence-corrected chi connectivity index (χ1v) is 9.17. The molecular formula is C16H21N5O4S. The highest BCUT2D eigenvalue weighted by molar-refractivity contribution is 7.87. The number of amides is 2. The van der Waals surface area contributed by atoms with E-state index in [1.54, 1.807) is 0 Å². The third-order valence-electron chi connectivity index (χ3n) is 3.52. The normalized spacial score (nSPS) is 12.6. The Morgan fingerprint density at radius 1 is 1.23 bits per heavy atom. The Balaban J connectivity index is 2.20. The molecule has 0 aliphatic carbocycles. The van der Waals surface area contributed by atoms with Crippen LogP contribution in [-0.2, 0) is 26.3 Å². The smallest absolute Gasteiger partial charge is 0.308 e. The zero-order valence-corrected chi connectivity index (χ0v) is 15.5. The zero-order chi connectivity index (χ0) is 19.3. The highest BCUT2D eigenvalue weighted by Crippen LogP contribution is 2.13. The summed E-state index contributed by atoms with van der Waals surface area (Å²) in [7, 11) is -0.992. The highest BCUT2D eigenvalue weighted by Gasteiger charge is 2.26. The first kappa shape index (κ1) is 19.6. The molecule has 2 N–H and O–H groups in total. The van der Waals surface area contributed by atoms with Gasteiger partial charge in [-0.1, -0.05) is 30.3 Å². The van der Waals surface area contributed by atoms with Crippen LogP contribution >= 0.6 is 0 Å². The van der Waals surface area contributed by atoms with Gasteiger partial charge in [-0.15, -0.1) is 0 Å². The Bertz CT molecular complexity index is 877. The fourth-order valence-corrected chi connectivity index (χ4v) is 2.93. The predicted octanol–water partition coefficient (Wildman–Crippen LogP) is 0.0312. The molecule has 0 spiro atoms. The number of benzene rings is 1. The maximum atomic E-state index is 12.5. The summed E-state index contributed by atoms with van der Waals surface area (Å²) < 4.78 is 26.2. The van der Waals surface area contributed by atoms with Crippen molar-refractivity contribution in [3.63, 3.8) is 0 Å². The van der Waals surface area contributed by atoms with Gasteiger partial charge in [-0.25, -0.2) is 8.96 Å². The molecule has 1 atom stereocenters. The minimum absolute atomic E-state index is 0.121. The molecule has 0 saturated carbocycles. The molecule has 1 heterocycles. The fourth-order valence-electron chi connectivity index (χ4n) is 2.15. The van der Waals surface area contributed by atoms with Crippen LogP contribution in [0.25, 0.3) is 0 Å². The second-order valence-electron chi connectivity index (χ2n) is 5.76. The molecule has 0 aliphatic rings. The van der Waals surface area contributed by atoms with E-state index in [2.05, 4.69) is 15.6 Å². The number of carbonyl (C=O) groups is 2. The van der Waals surface area contributed by atoms with Crippen LogP contribution in [-0.4, -0.2) is 47.6 Å². The summed E-state index contributed by atoms with van der Waals surface area (Å²) in [6, 6.07) is 8.16. The lowest BCUT2D eigenvalue weighted by Gasteiger charge is -2.16. The van der Waals surface area contributed by atoms with E-state index in [9.17, 15) is 18.0 Å². The summed E-state index contributed by atoms with van der Waals surface area (Å²) in [5.41, 5.74) is 1.01. The molecule has 0 radical (unpaired) electrons. The number of nitrogens with zero attached hydrogens (tertiary/aromatic N) is 3. The first-order valence-electron chi connectivity index (χ1n) is 7.77. The number of carbonyl (C=O) groups excluding carboxylic acids is 2. The van der Waals surface area contributed by atoms with Crippen LogP contribution in [0.3, 0.4) is 0 Å². The lowest BCUT2D eigenvalue weighted by atomic mass is 10.2. The standard InChI is InChI=1S/C16H21N5O4S/c1-12(22)19-15(16(23)17-9-13-7-5-4-6-8-13)14-10-21(11-18-14)26(24,25)20(2)3/h4-8,10-11,15H,9H2,1-3H3,(H,17,23)(H,19,22). The van der Waals surface area contributed by atoms with Gasteiger partial charge in [0.05, 0.1) is 5.69 Å². The van der Waals surface area contributed by atoms with Crippen molar-refractivity contribution in [2.45, 2.75) is 19.5 Å². The Morgan fingerprint density at radius 2 is 1.88 bits per heavy atom. The van der Waals surface area contributed by atoms with Crippen LogP contribution in [0.5, 0.6) is 0 Å². The van der Waals surface area contributed by atoms with Crippen molar-refractivity contribution < 1.29 is 18.0 Å². The molecule has 0 saturated heterocycles. The first-order chi connectivity index (χ1) is 12.2. The molecule has 1 unspecified atom stereocenters. The van der Waals surface area contributed by atoms with Crippen LogP contribution in [0.4, 0.5) is 0 Å². The number of hydrogen-bond acceptors (Lipinski definition) is 5. The van der Waals surface area contributed by atoms with E-state index >= 15 is 0 Å². The molecule has 0 fully saturated rings. The van der Waals surface area contributed by atoms with Crippen LogP contribution in [0.1, 0.15) is 24.2 Å². The molecule has 2 amide bonds. The van der Waals surface area contributed by atoms with Crippen molar-refractivity contribution in [2.24, 2.45) is 0 Å². The van der Waals surface area contributed by atoms with Gasteiger partial charge in [-0.3, -0.25) is 9.59 Å². The molecular weight excluding hydrogens is 358 g/mol. The summed E-state index contributed by atoms with van der Waals surface area (Å²) in [6.07, 6.45) is 2.29. The van der Waals surface area contributed by atoms with E-state index in [0.29, 0.717) is 0 Å². The largest absolute Gasteiger partial charge is 0.350 e. The predicted molar refractivity (Wildman–Crippen MR) is 95.1 cm³/mol. The van der Waals surface area contributed by atoms with Crippen molar-refractivity contribution in [1.29, 1.82) is 0 Å². The van der Waals surface area contributed by atoms with Gasteiger partial charge < -0.3 is 10.6 Å². The minimum atomic E-state index is -3.76. The van der Waals surface area contributed by atoms with E-state index in [1.165, 1.54) is 27.2 Å². The van der Waals surface area contributed by atoms with Gasteiger partial charge in [0.25, 0.3) is 0 Å². The molecule has 1 aromatic heterocycles. The Kier molecular flexibility index (Phi) is 6.11. The molecule has 0 bridgehead atoms. The summed E-state index contributed by atoms with van der Waals surface area (Å²) in [4.78, 5) is 28.0. The maximum absolute atomic E-state index is 12.5. The molecule has 1 aromatic carbocycles. The van der Waals surface area contributed by atoms with Crippen LogP contribution in [0.2, 0.25) is 0 Å². The summed E-state index contributed by atoms with van der Waals surface area (Å²) in [6.45, 7) is 1.54. The van der Waals surface area contributed by atoms with Gasteiger partial charge in [0.1, 0.15) is 6.33 Å². The fraction of sp³-hybridized carbons (Fsp3) is 0.312. The maximum Gasteiger partial charge on any atom is 0.308 e. The Hall–Kier alpha value is -2.72. The molecule has 0 aliphatic heterocycles. The number of hydrogen-bond donors (Lipinski definition) is 2. The second kappa shape index (κ2) is 8.11. The lowest BCUT2D eigenvalue weighted by Crippen LogP contribution is -2.39. The number of aromatic nitrogens is 2. The van der Waals surface area contributed by atoms with Crippen molar-refractivity contribution in [1.82, 2.24) is 23.9 Å².